The van der Waals surface area contributed by atoms with E-state index in [1.807, 2.05) is 0 Å². The second-order valence-electron chi connectivity index (χ2n) is 18.0. The zero-order valence-electron chi connectivity index (χ0n) is 39.6. The van der Waals surface area contributed by atoms with Gasteiger partial charge in [0.1, 0.15) is 30.7 Å². The molecule has 0 aromatic carbocycles. The predicted molar refractivity (Wildman–Crippen MR) is 247 cm³/mol. The average molecular weight is 968 g/mol. The monoisotopic (exact) mass is 968 g/mol. The van der Waals surface area contributed by atoms with Crippen molar-refractivity contribution < 1.29 is 66.3 Å². The summed E-state index contributed by atoms with van der Waals surface area (Å²) in [6.07, 6.45) is 19.2. The van der Waals surface area contributed by atoms with Crippen LogP contribution >= 0.6 is 15.6 Å². The highest BCUT2D eigenvalue weighted by molar-refractivity contribution is 7.61. The minimum Gasteiger partial charge on any atom is -0.462 e. The zero-order valence-corrected chi connectivity index (χ0v) is 41.4. The Bertz CT molecular complexity index is 1620. The van der Waals surface area contributed by atoms with Crippen LogP contribution in [0.1, 0.15) is 194 Å². The van der Waals surface area contributed by atoms with Crippen molar-refractivity contribution in [1.29, 1.82) is 0 Å². The fourth-order valence-corrected chi connectivity index (χ4v) is 9.58. The van der Waals surface area contributed by atoms with Crippen LogP contribution in [0, 0.1) is 11.8 Å². The van der Waals surface area contributed by atoms with Gasteiger partial charge in [-0.3, -0.25) is 23.2 Å². The molecule has 0 spiro atoms. The first-order valence-corrected chi connectivity index (χ1v) is 27.3. The van der Waals surface area contributed by atoms with E-state index in [1.54, 1.807) is 0 Å². The minimum atomic E-state index is -5.42. The number of rotatable bonds is 39. The molecule has 1 aromatic rings. The van der Waals surface area contributed by atoms with Crippen molar-refractivity contribution in [2.24, 2.45) is 11.8 Å². The first-order valence-electron chi connectivity index (χ1n) is 24.3. The molecule has 0 saturated carbocycles. The first kappa shape index (κ1) is 58.9. The number of carbonyl (C=O) groups excluding carboxylic acids is 2. The van der Waals surface area contributed by atoms with E-state index in [0.29, 0.717) is 12.8 Å². The van der Waals surface area contributed by atoms with Crippen LogP contribution in [0.3, 0.4) is 0 Å². The second kappa shape index (κ2) is 33.3. The van der Waals surface area contributed by atoms with Crippen molar-refractivity contribution in [3.8, 4) is 0 Å². The lowest BCUT2D eigenvalue weighted by Crippen LogP contribution is -2.36. The number of phosphoric acid groups is 2. The third-order valence-corrected chi connectivity index (χ3v) is 14.3. The summed E-state index contributed by atoms with van der Waals surface area (Å²) in [7, 11) is -10.8. The molecule has 0 bridgehead atoms. The molecule has 0 radical (unpaired) electrons. The minimum absolute atomic E-state index is 0.0554. The van der Waals surface area contributed by atoms with Gasteiger partial charge in [0.2, 0.25) is 0 Å². The summed E-state index contributed by atoms with van der Waals surface area (Å²) < 4.78 is 56.7. The lowest BCUT2D eigenvalue weighted by Gasteiger charge is -2.21. The summed E-state index contributed by atoms with van der Waals surface area (Å²) in [6, 6.07) is 1.25. The fraction of sp³-hybridized carbons (Fsp3) is 0.867. The number of aromatic nitrogens is 2. The Balaban J connectivity index is 1.82. The van der Waals surface area contributed by atoms with Crippen LogP contribution in [0.15, 0.2) is 17.1 Å². The van der Waals surface area contributed by atoms with E-state index < -0.39 is 83.7 Å². The van der Waals surface area contributed by atoms with Crippen molar-refractivity contribution >= 4 is 33.4 Å². The third kappa shape index (κ3) is 27.4. The number of nitrogens with two attached hydrogens (primary N) is 1. The Labute approximate surface area is 387 Å². The highest BCUT2D eigenvalue weighted by Crippen LogP contribution is 2.60. The molecule has 0 amide bonds. The lowest BCUT2D eigenvalue weighted by molar-refractivity contribution is -0.161. The van der Waals surface area contributed by atoms with E-state index in [9.17, 15) is 43.5 Å². The first-order chi connectivity index (χ1) is 30.9. The molecule has 20 heteroatoms. The number of carbonyl (C=O) groups is 2. The van der Waals surface area contributed by atoms with Gasteiger partial charge in [-0.1, -0.05) is 163 Å². The number of ether oxygens (including phenoxy) is 3. The molecular formula is C45H83N3O15P2. The number of aliphatic hydroxyl groups excluding tert-OH is 2. The van der Waals surface area contributed by atoms with Crippen molar-refractivity contribution in [3.63, 3.8) is 0 Å². The molecule has 18 nitrogen and oxygen atoms in total. The molecule has 378 valence electrons. The Hall–Kier alpha value is -2.24. The maximum Gasteiger partial charge on any atom is 0.481 e. The van der Waals surface area contributed by atoms with Crippen LogP contribution in [0.4, 0.5) is 5.82 Å². The van der Waals surface area contributed by atoms with Crippen LogP contribution in [0.5, 0.6) is 0 Å². The summed E-state index contributed by atoms with van der Waals surface area (Å²) >= 11 is 0. The molecule has 6 N–H and O–H groups in total. The topological polar surface area (TPSA) is 265 Å². The maximum absolute atomic E-state index is 12.8. The Kier molecular flexibility index (Phi) is 30.2. The smallest absolute Gasteiger partial charge is 0.462 e. The lowest BCUT2D eigenvalue weighted by atomic mass is 9.99. The highest BCUT2D eigenvalue weighted by atomic mass is 31.3. The van der Waals surface area contributed by atoms with Gasteiger partial charge in [0.05, 0.1) is 13.2 Å². The average Bonchev–Trinajstić information content (AvgIpc) is 3.52. The molecule has 4 unspecified atom stereocenters. The van der Waals surface area contributed by atoms with E-state index in [0.717, 1.165) is 67.8 Å². The number of anilines is 1. The van der Waals surface area contributed by atoms with E-state index in [-0.39, 0.29) is 18.7 Å². The van der Waals surface area contributed by atoms with Gasteiger partial charge in [0.15, 0.2) is 12.3 Å². The number of hydrogen-bond acceptors (Lipinski definition) is 15. The van der Waals surface area contributed by atoms with Crippen LogP contribution in [0.25, 0.3) is 0 Å². The Morgan fingerprint density at radius 1 is 0.738 bits per heavy atom. The van der Waals surface area contributed by atoms with Crippen molar-refractivity contribution in [1.82, 2.24) is 9.55 Å². The van der Waals surface area contributed by atoms with E-state index >= 15 is 0 Å². The summed E-state index contributed by atoms with van der Waals surface area (Å²) in [5.41, 5.74) is 4.59. The van der Waals surface area contributed by atoms with Gasteiger partial charge in [-0.15, -0.1) is 0 Å². The molecule has 1 aliphatic heterocycles. The quantitative estimate of drug-likeness (QED) is 0.0234. The fourth-order valence-electron chi connectivity index (χ4n) is 7.47. The van der Waals surface area contributed by atoms with Gasteiger partial charge in [-0.05, 0) is 30.7 Å². The van der Waals surface area contributed by atoms with Gasteiger partial charge in [0.25, 0.3) is 0 Å². The number of unbranched alkanes of at least 4 members (excludes halogenated alkanes) is 18. The highest BCUT2D eigenvalue weighted by Gasteiger charge is 2.46. The zero-order chi connectivity index (χ0) is 48.1. The SMILES string of the molecule is CCC(C)CCCCCCCCCCCCC(=O)O[C@H](COC(=O)CCCCCCCCCCCCC(C)C)COP(=O)(O)OP(=O)(O)OC[C@H]1O[C@@H](n2ccc(N)nc2=O)C(O)[C@H]1O. The van der Waals surface area contributed by atoms with Crippen molar-refractivity contribution in [2.75, 3.05) is 25.6 Å². The van der Waals surface area contributed by atoms with Crippen LogP contribution in [0.2, 0.25) is 0 Å². The van der Waals surface area contributed by atoms with Crippen LogP contribution < -0.4 is 11.4 Å². The molecule has 1 aliphatic rings. The van der Waals surface area contributed by atoms with Crippen LogP contribution in [-0.2, 0) is 46.3 Å². The molecule has 2 heterocycles. The molecule has 8 atom stereocenters. The van der Waals surface area contributed by atoms with E-state index in [2.05, 4.69) is 37.0 Å². The standard InChI is InChI=1S/C45H83N3O15P2/c1-5-36(4)27-23-19-15-11-7-9-13-17-21-25-29-41(50)61-37(32-58-40(49)28-24-20-16-12-8-6-10-14-18-22-26-35(2)3)33-59-64(54,55)63-65(56,57)60-34-38-42(51)43(52)44(62-38)48-31-30-39(46)47-45(48)53/h30-31,35-38,42-44,51-52H,5-29,32-34H2,1-4H3,(H,54,55)(H,56,57)(H2,46,47,53)/t36?,37-,38-,42+,43?,44-/m1/s1. The second-order valence-corrected chi connectivity index (χ2v) is 21.1. The number of aliphatic hydroxyl groups is 2. The third-order valence-electron chi connectivity index (χ3n) is 11.7. The van der Waals surface area contributed by atoms with Crippen molar-refractivity contribution in [3.05, 3.63) is 22.7 Å². The van der Waals surface area contributed by atoms with E-state index in [1.165, 1.54) is 95.7 Å². The number of nitrogens with zero attached hydrogens (tertiary/aromatic N) is 2. The molecule has 2 rings (SSSR count). The number of nitrogen functional groups attached to an aromatic ring is 1. The summed E-state index contributed by atoms with van der Waals surface area (Å²) in [5.74, 6) is 0.272. The molecule has 1 fully saturated rings. The van der Waals surface area contributed by atoms with Crippen molar-refractivity contribution in [2.45, 2.75) is 219 Å². The molecule has 65 heavy (non-hydrogen) atoms. The summed E-state index contributed by atoms with van der Waals surface area (Å²) in [4.78, 5) is 61.8. The molecule has 1 saturated heterocycles. The predicted octanol–water partition coefficient (Wildman–Crippen LogP) is 9.21. The van der Waals surface area contributed by atoms with Gasteiger partial charge >= 0.3 is 33.3 Å². The molecule has 1 aromatic heterocycles. The number of hydrogen-bond donors (Lipinski definition) is 5. The summed E-state index contributed by atoms with van der Waals surface area (Å²) in [6.45, 7) is 6.76. The molecular weight excluding hydrogens is 884 g/mol. The van der Waals surface area contributed by atoms with Gasteiger partial charge < -0.3 is 39.9 Å². The number of esters is 2. The van der Waals surface area contributed by atoms with Gasteiger partial charge in [0, 0.05) is 19.0 Å². The maximum atomic E-state index is 12.8. The van der Waals surface area contributed by atoms with Crippen LogP contribution in [-0.4, -0.2) is 85.7 Å². The normalized spacial score (nSPS) is 20.3. The Morgan fingerprint density at radius 2 is 1.23 bits per heavy atom. The molecule has 0 aliphatic carbocycles. The number of phosphoric ester groups is 2. The van der Waals surface area contributed by atoms with Gasteiger partial charge in [-0.2, -0.15) is 9.29 Å². The van der Waals surface area contributed by atoms with Gasteiger partial charge in [-0.25, -0.2) is 13.9 Å². The largest absolute Gasteiger partial charge is 0.481 e. The Morgan fingerprint density at radius 3 is 1.75 bits per heavy atom. The van der Waals surface area contributed by atoms with E-state index in [4.69, 9.17) is 29.0 Å². The summed E-state index contributed by atoms with van der Waals surface area (Å²) in [5, 5.41) is 20.9.